The Balaban J connectivity index is 2.15. The van der Waals surface area contributed by atoms with Crippen LogP contribution < -0.4 is 5.73 Å². The molecule has 0 radical (unpaired) electrons. The van der Waals surface area contributed by atoms with Gasteiger partial charge in [0.15, 0.2) is 0 Å². The molecule has 0 atom stereocenters. The second-order valence-corrected chi connectivity index (χ2v) is 6.48. The molecule has 2 heteroatoms. The molecule has 0 bridgehead atoms. The summed E-state index contributed by atoms with van der Waals surface area (Å²) in [6, 6.07) is 9.40. The quantitative estimate of drug-likeness (QED) is 0.851. The number of aromatic nitrogens is 1. The lowest BCUT2D eigenvalue weighted by molar-refractivity contribution is 0.359. The van der Waals surface area contributed by atoms with Crippen molar-refractivity contribution in [2.45, 2.75) is 57.5 Å². The fourth-order valence-electron chi connectivity index (χ4n) is 3.40. The summed E-state index contributed by atoms with van der Waals surface area (Å²) in [5, 5.41) is 1.32. The largest absolute Gasteiger partial charge is 0.344 e. The van der Waals surface area contributed by atoms with E-state index in [0.717, 1.165) is 0 Å². The van der Waals surface area contributed by atoms with Gasteiger partial charge in [-0.3, -0.25) is 0 Å². The molecule has 102 valence electrons. The van der Waals surface area contributed by atoms with Gasteiger partial charge in [0.05, 0.1) is 5.52 Å². The molecule has 1 saturated carbocycles. The fraction of sp³-hybridized carbons (Fsp3) is 0.529. The van der Waals surface area contributed by atoms with E-state index in [1.54, 1.807) is 0 Å². The summed E-state index contributed by atoms with van der Waals surface area (Å²) >= 11 is 0. The molecule has 0 spiro atoms. The van der Waals surface area contributed by atoms with Gasteiger partial charge in [0, 0.05) is 17.8 Å². The van der Waals surface area contributed by atoms with Crippen LogP contribution in [-0.4, -0.2) is 4.57 Å². The highest BCUT2D eigenvalue weighted by Crippen LogP contribution is 2.35. The average Bonchev–Trinajstić information content (AvgIpc) is 2.82. The monoisotopic (exact) mass is 256 g/mol. The van der Waals surface area contributed by atoms with E-state index < -0.39 is 0 Å². The predicted molar refractivity (Wildman–Crippen MR) is 81.3 cm³/mol. The number of hydrogen-bond acceptors (Lipinski definition) is 1. The summed E-state index contributed by atoms with van der Waals surface area (Å²) in [4.78, 5) is 0. The molecule has 0 amide bonds. The van der Waals surface area contributed by atoms with Gasteiger partial charge in [0.2, 0.25) is 0 Å². The van der Waals surface area contributed by atoms with Gasteiger partial charge in [-0.1, -0.05) is 37.5 Å². The van der Waals surface area contributed by atoms with Gasteiger partial charge in [-0.2, -0.15) is 0 Å². The van der Waals surface area contributed by atoms with E-state index in [1.165, 1.54) is 48.6 Å². The number of nitrogens with zero attached hydrogens (tertiary/aromatic N) is 1. The Hall–Kier alpha value is -1.28. The van der Waals surface area contributed by atoms with Crippen LogP contribution in [0.2, 0.25) is 0 Å². The number of para-hydroxylation sites is 1. The van der Waals surface area contributed by atoms with Gasteiger partial charge in [0.25, 0.3) is 0 Å². The van der Waals surface area contributed by atoms with Gasteiger partial charge in [-0.05, 0) is 43.7 Å². The minimum absolute atomic E-state index is 0.287. The second-order valence-electron chi connectivity index (χ2n) is 6.48. The van der Waals surface area contributed by atoms with E-state index in [9.17, 15) is 0 Å². The summed E-state index contributed by atoms with van der Waals surface area (Å²) in [7, 11) is 0. The summed E-state index contributed by atoms with van der Waals surface area (Å²) in [5.74, 6) is 0. The van der Waals surface area contributed by atoms with Crippen molar-refractivity contribution in [1.82, 2.24) is 4.57 Å². The van der Waals surface area contributed by atoms with Crippen LogP contribution in [0.3, 0.4) is 0 Å². The molecule has 1 aromatic heterocycles. The second kappa shape index (κ2) is 4.68. The third-order valence-corrected chi connectivity index (χ3v) is 4.40. The standard InChI is InChI=1S/C17H24N2/c1-17(2,18)15-10-6-7-13-11-12-19(16(13)15)14-8-4-3-5-9-14/h6-7,10-12,14H,3-5,8-9,18H2,1-2H3. The Morgan fingerprint density at radius 3 is 2.53 bits per heavy atom. The minimum Gasteiger partial charge on any atom is -0.344 e. The number of rotatable bonds is 2. The first-order valence-corrected chi connectivity index (χ1v) is 7.46. The molecular formula is C17H24N2. The van der Waals surface area contributed by atoms with Crippen molar-refractivity contribution in [3.05, 3.63) is 36.0 Å². The van der Waals surface area contributed by atoms with Gasteiger partial charge in [-0.25, -0.2) is 0 Å². The van der Waals surface area contributed by atoms with Crippen LogP contribution in [0.4, 0.5) is 0 Å². The smallest absolute Gasteiger partial charge is 0.0533 e. The zero-order valence-corrected chi connectivity index (χ0v) is 12.0. The molecule has 2 nitrogen and oxygen atoms in total. The number of hydrogen-bond donors (Lipinski definition) is 1. The molecule has 2 N–H and O–H groups in total. The maximum absolute atomic E-state index is 6.37. The van der Waals surface area contributed by atoms with Gasteiger partial charge in [-0.15, -0.1) is 0 Å². The zero-order chi connectivity index (χ0) is 13.5. The molecule has 1 aliphatic carbocycles. The van der Waals surface area contributed by atoms with Crippen LogP contribution in [0, 0.1) is 0 Å². The Kier molecular flexibility index (Phi) is 3.14. The minimum atomic E-state index is -0.287. The van der Waals surface area contributed by atoms with Crippen LogP contribution in [0.5, 0.6) is 0 Å². The Bertz CT molecular complexity index is 568. The number of benzene rings is 1. The molecule has 1 heterocycles. The highest BCUT2D eigenvalue weighted by molar-refractivity contribution is 5.84. The lowest BCUT2D eigenvalue weighted by Gasteiger charge is -2.27. The van der Waals surface area contributed by atoms with Crippen molar-refractivity contribution >= 4 is 10.9 Å². The molecular weight excluding hydrogens is 232 g/mol. The Morgan fingerprint density at radius 1 is 1.11 bits per heavy atom. The van der Waals surface area contributed by atoms with Crippen LogP contribution >= 0.6 is 0 Å². The molecule has 0 unspecified atom stereocenters. The predicted octanol–water partition coefficient (Wildman–Crippen LogP) is 4.34. The maximum Gasteiger partial charge on any atom is 0.0533 e. The van der Waals surface area contributed by atoms with Gasteiger partial charge < -0.3 is 10.3 Å². The molecule has 1 fully saturated rings. The van der Waals surface area contributed by atoms with Crippen molar-refractivity contribution in [2.24, 2.45) is 5.73 Å². The van der Waals surface area contributed by atoms with E-state index in [1.807, 2.05) is 0 Å². The lowest BCUT2D eigenvalue weighted by Crippen LogP contribution is -2.29. The maximum atomic E-state index is 6.37. The fourth-order valence-corrected chi connectivity index (χ4v) is 3.40. The van der Waals surface area contributed by atoms with Crippen molar-refractivity contribution in [3.63, 3.8) is 0 Å². The van der Waals surface area contributed by atoms with E-state index in [0.29, 0.717) is 6.04 Å². The third kappa shape index (κ3) is 2.30. The summed E-state index contributed by atoms with van der Waals surface area (Å²) in [6.07, 6.45) is 8.99. The highest BCUT2D eigenvalue weighted by Gasteiger charge is 2.22. The molecule has 19 heavy (non-hydrogen) atoms. The van der Waals surface area contributed by atoms with Crippen molar-refractivity contribution in [2.75, 3.05) is 0 Å². The molecule has 1 aromatic carbocycles. The van der Waals surface area contributed by atoms with Gasteiger partial charge in [0.1, 0.15) is 0 Å². The van der Waals surface area contributed by atoms with Crippen LogP contribution in [0.15, 0.2) is 30.5 Å². The normalized spacial score (nSPS) is 18.1. The Labute approximate surface area is 115 Å². The molecule has 3 rings (SSSR count). The molecule has 0 aliphatic heterocycles. The Morgan fingerprint density at radius 2 is 1.84 bits per heavy atom. The topological polar surface area (TPSA) is 30.9 Å². The molecule has 2 aromatic rings. The molecule has 1 aliphatic rings. The summed E-state index contributed by atoms with van der Waals surface area (Å²) in [5.41, 5.74) is 8.69. The van der Waals surface area contributed by atoms with E-state index in [4.69, 9.17) is 5.73 Å². The summed E-state index contributed by atoms with van der Waals surface area (Å²) in [6.45, 7) is 4.19. The summed E-state index contributed by atoms with van der Waals surface area (Å²) < 4.78 is 2.48. The highest BCUT2D eigenvalue weighted by atomic mass is 15.0. The first kappa shape index (κ1) is 12.7. The molecule has 0 saturated heterocycles. The first-order chi connectivity index (χ1) is 9.07. The number of nitrogens with two attached hydrogens (primary N) is 1. The van der Waals surface area contributed by atoms with Crippen LogP contribution in [0.1, 0.15) is 57.6 Å². The third-order valence-electron chi connectivity index (χ3n) is 4.40. The first-order valence-electron chi connectivity index (χ1n) is 7.46. The number of fused-ring (bicyclic) bond motifs is 1. The van der Waals surface area contributed by atoms with E-state index in [2.05, 4.69) is 48.9 Å². The van der Waals surface area contributed by atoms with E-state index in [-0.39, 0.29) is 5.54 Å². The SMILES string of the molecule is CC(C)(N)c1cccc2ccn(C3CCCCC3)c12. The average molecular weight is 256 g/mol. The van der Waals surface area contributed by atoms with Crippen LogP contribution in [0.25, 0.3) is 10.9 Å². The van der Waals surface area contributed by atoms with Crippen LogP contribution in [-0.2, 0) is 5.54 Å². The van der Waals surface area contributed by atoms with Crippen molar-refractivity contribution in [1.29, 1.82) is 0 Å². The van der Waals surface area contributed by atoms with E-state index >= 15 is 0 Å². The zero-order valence-electron chi connectivity index (χ0n) is 12.0. The lowest BCUT2D eigenvalue weighted by atomic mass is 9.92. The van der Waals surface area contributed by atoms with Crippen molar-refractivity contribution < 1.29 is 0 Å². The van der Waals surface area contributed by atoms with Gasteiger partial charge >= 0.3 is 0 Å². The van der Waals surface area contributed by atoms with Crippen molar-refractivity contribution in [3.8, 4) is 0 Å².